The van der Waals surface area contributed by atoms with Gasteiger partial charge in [0.15, 0.2) is 0 Å². The van der Waals surface area contributed by atoms with Gasteiger partial charge in [-0.1, -0.05) is 0 Å². The van der Waals surface area contributed by atoms with Crippen molar-refractivity contribution in [2.45, 2.75) is 25.7 Å². The summed E-state index contributed by atoms with van der Waals surface area (Å²) in [5, 5.41) is 0. The molecule has 0 spiro atoms. The second-order valence-corrected chi connectivity index (χ2v) is 3.31. The summed E-state index contributed by atoms with van der Waals surface area (Å²) < 4.78 is 0. The van der Waals surface area contributed by atoms with E-state index in [0.717, 1.165) is 25.7 Å². The van der Waals surface area contributed by atoms with Crippen molar-refractivity contribution in [3.8, 4) is 0 Å². The third-order valence-corrected chi connectivity index (χ3v) is 1.84. The van der Waals surface area contributed by atoms with E-state index in [0.29, 0.717) is 26.2 Å². The number of hydrogen-bond acceptors (Lipinski definition) is 8. The Labute approximate surface area is 116 Å². The molecule has 0 saturated carbocycles. The van der Waals surface area contributed by atoms with Gasteiger partial charge in [-0.3, -0.25) is 0 Å². The molecule has 8 nitrogen and oxygen atoms in total. The lowest BCUT2D eigenvalue weighted by Crippen LogP contribution is -1.84. The Balaban J connectivity index is 0. The molecule has 0 aliphatic carbocycles. The molecule has 0 atom stereocenters. The van der Waals surface area contributed by atoms with E-state index < -0.39 is 0 Å². The molecule has 0 radical (unpaired) electrons. The van der Waals surface area contributed by atoms with Gasteiger partial charge in [0.25, 0.3) is 0 Å². The topological polar surface area (TPSA) is 118 Å². The average Bonchev–Trinajstić information content (AvgIpc) is 2.47. The molecule has 108 valence electrons. The van der Waals surface area contributed by atoms with Crippen molar-refractivity contribution in [3.05, 3.63) is 0 Å². The maximum Gasteiger partial charge on any atom is 0.234 e. The van der Waals surface area contributed by atoms with E-state index in [1.807, 2.05) is 0 Å². The van der Waals surface area contributed by atoms with Gasteiger partial charge in [-0.05, 0) is 25.7 Å². The maximum atomic E-state index is 9.52. The first kappa shape index (κ1) is 19.9. The molecular weight excluding hydrogens is 264 g/mol. The number of rotatable bonds is 10. The van der Waals surface area contributed by atoms with Crippen molar-refractivity contribution >= 4 is 24.3 Å². The number of carbonyl (C=O) groups excluding carboxylic acids is 4. The van der Waals surface area contributed by atoms with Crippen LogP contribution < -0.4 is 0 Å². The number of aliphatic imine (C=N–C) groups is 4. The van der Waals surface area contributed by atoms with Crippen LogP contribution in [0.2, 0.25) is 0 Å². The summed E-state index contributed by atoms with van der Waals surface area (Å²) in [5.41, 5.74) is 0. The fourth-order valence-corrected chi connectivity index (χ4v) is 0.946. The van der Waals surface area contributed by atoms with E-state index in [4.69, 9.17) is 0 Å². The zero-order valence-corrected chi connectivity index (χ0v) is 11.1. The minimum atomic E-state index is 0.470. The Bertz CT molecular complexity index is 333. The fourth-order valence-electron chi connectivity index (χ4n) is 0.946. The first-order valence-corrected chi connectivity index (χ1v) is 5.98. The summed E-state index contributed by atoms with van der Waals surface area (Å²) in [6.07, 6.45) is 8.76. The second kappa shape index (κ2) is 21.8. The Morgan fingerprint density at radius 3 is 0.800 bits per heavy atom. The molecule has 0 bridgehead atoms. The van der Waals surface area contributed by atoms with E-state index in [-0.39, 0.29) is 0 Å². The highest BCUT2D eigenvalue weighted by molar-refractivity contribution is 5.33. The van der Waals surface area contributed by atoms with Gasteiger partial charge >= 0.3 is 0 Å². The van der Waals surface area contributed by atoms with Crippen LogP contribution >= 0.6 is 0 Å². The summed E-state index contributed by atoms with van der Waals surface area (Å²) in [6, 6.07) is 0. The van der Waals surface area contributed by atoms with Crippen LogP contribution in [0.15, 0.2) is 20.0 Å². The lowest BCUT2D eigenvalue weighted by Gasteiger charge is -1.87. The van der Waals surface area contributed by atoms with Crippen molar-refractivity contribution in [3.63, 3.8) is 0 Å². The summed E-state index contributed by atoms with van der Waals surface area (Å²) in [4.78, 5) is 51.4. The predicted molar refractivity (Wildman–Crippen MR) is 70.4 cm³/mol. The lowest BCUT2D eigenvalue weighted by molar-refractivity contribution is 0.559. The summed E-state index contributed by atoms with van der Waals surface area (Å²) >= 11 is 0. The third-order valence-electron chi connectivity index (χ3n) is 1.84. The highest BCUT2D eigenvalue weighted by Gasteiger charge is 1.84. The highest BCUT2D eigenvalue weighted by atomic mass is 16.1. The van der Waals surface area contributed by atoms with Gasteiger partial charge in [-0.2, -0.15) is 0 Å². The van der Waals surface area contributed by atoms with Crippen molar-refractivity contribution in [1.29, 1.82) is 0 Å². The van der Waals surface area contributed by atoms with Gasteiger partial charge in [0.2, 0.25) is 24.3 Å². The van der Waals surface area contributed by atoms with Crippen LogP contribution in [0, 0.1) is 0 Å². The van der Waals surface area contributed by atoms with E-state index in [9.17, 15) is 19.2 Å². The van der Waals surface area contributed by atoms with E-state index in [1.54, 1.807) is 0 Å². The molecule has 0 aliphatic rings. The molecule has 0 aliphatic heterocycles. The largest absolute Gasteiger partial charge is 0.234 e. The number of nitrogens with zero attached hydrogens (tertiary/aromatic N) is 4. The van der Waals surface area contributed by atoms with Crippen LogP contribution in [-0.2, 0) is 19.2 Å². The first-order valence-electron chi connectivity index (χ1n) is 5.98. The predicted octanol–water partition coefficient (Wildman–Crippen LogP) is 0.876. The number of hydrogen-bond donors (Lipinski definition) is 0. The SMILES string of the molecule is O=C=NCCCCN=C=O.O=C=NCCCCN=C=O. The molecule has 0 heterocycles. The number of isocyanates is 4. The normalized spacial score (nSPS) is 7.60. The smallest absolute Gasteiger partial charge is 0.211 e. The lowest BCUT2D eigenvalue weighted by atomic mass is 10.3. The molecule has 0 saturated heterocycles. The van der Waals surface area contributed by atoms with Crippen molar-refractivity contribution in [2.75, 3.05) is 26.2 Å². The molecular formula is C12H16N4O4. The zero-order valence-electron chi connectivity index (χ0n) is 11.1. The van der Waals surface area contributed by atoms with Crippen molar-refractivity contribution in [2.24, 2.45) is 20.0 Å². The van der Waals surface area contributed by atoms with E-state index >= 15 is 0 Å². The van der Waals surface area contributed by atoms with E-state index in [2.05, 4.69) is 20.0 Å². The molecule has 0 amide bonds. The summed E-state index contributed by atoms with van der Waals surface area (Å²) in [5.74, 6) is 0. The molecule has 0 N–H and O–H groups in total. The minimum absolute atomic E-state index is 0.470. The first-order chi connectivity index (χ1) is 9.83. The Hall–Kier alpha value is -2.48. The quantitative estimate of drug-likeness (QED) is 0.335. The van der Waals surface area contributed by atoms with Crippen molar-refractivity contribution in [1.82, 2.24) is 0 Å². The van der Waals surface area contributed by atoms with Crippen LogP contribution in [0.3, 0.4) is 0 Å². The van der Waals surface area contributed by atoms with E-state index in [1.165, 1.54) is 24.3 Å². The molecule has 0 unspecified atom stereocenters. The van der Waals surface area contributed by atoms with Crippen molar-refractivity contribution < 1.29 is 19.2 Å². The van der Waals surface area contributed by atoms with Gasteiger partial charge in [-0.15, -0.1) is 0 Å². The van der Waals surface area contributed by atoms with Crippen LogP contribution in [0.25, 0.3) is 0 Å². The Morgan fingerprint density at radius 1 is 0.450 bits per heavy atom. The van der Waals surface area contributed by atoms with Gasteiger partial charge in [0, 0.05) is 0 Å². The van der Waals surface area contributed by atoms with Gasteiger partial charge in [-0.25, -0.2) is 39.1 Å². The summed E-state index contributed by atoms with van der Waals surface area (Å²) in [6.45, 7) is 1.88. The average molecular weight is 280 g/mol. The molecule has 0 rings (SSSR count). The zero-order chi connectivity index (χ0) is 15.3. The molecule has 8 heteroatoms. The summed E-state index contributed by atoms with van der Waals surface area (Å²) in [7, 11) is 0. The van der Waals surface area contributed by atoms with Crippen LogP contribution in [0.5, 0.6) is 0 Å². The molecule has 0 aromatic rings. The van der Waals surface area contributed by atoms with Crippen LogP contribution in [0.4, 0.5) is 0 Å². The molecule has 0 aromatic heterocycles. The molecule has 0 aromatic carbocycles. The van der Waals surface area contributed by atoms with Crippen LogP contribution in [0.1, 0.15) is 25.7 Å². The third kappa shape index (κ3) is 24.7. The second-order valence-electron chi connectivity index (χ2n) is 3.31. The van der Waals surface area contributed by atoms with Crippen LogP contribution in [-0.4, -0.2) is 50.5 Å². The number of unbranched alkanes of at least 4 members (excludes halogenated alkanes) is 2. The molecule has 20 heavy (non-hydrogen) atoms. The van der Waals surface area contributed by atoms with Gasteiger partial charge in [0.1, 0.15) is 0 Å². The Kier molecular flexibility index (Phi) is 21.6. The minimum Gasteiger partial charge on any atom is -0.211 e. The molecule has 0 fully saturated rings. The maximum absolute atomic E-state index is 9.52. The fraction of sp³-hybridized carbons (Fsp3) is 0.667. The monoisotopic (exact) mass is 280 g/mol. The van der Waals surface area contributed by atoms with Gasteiger partial charge in [0.05, 0.1) is 26.2 Å². The standard InChI is InChI=1S/2C6H8N2O2/c2*9-5-7-3-1-2-4-8-6-10/h2*1-4H2. The highest BCUT2D eigenvalue weighted by Crippen LogP contribution is 1.88. The van der Waals surface area contributed by atoms with Gasteiger partial charge < -0.3 is 0 Å². The Morgan fingerprint density at radius 2 is 0.650 bits per heavy atom.